The lowest BCUT2D eigenvalue weighted by atomic mass is 9.82. The van der Waals surface area contributed by atoms with E-state index in [-0.39, 0.29) is 23.9 Å². The molecular weight excluding hydrogens is 534 g/mol. The average molecular weight is 572 g/mol. The number of piperazine rings is 1. The van der Waals surface area contributed by atoms with E-state index in [1.165, 1.54) is 11.1 Å². The van der Waals surface area contributed by atoms with Gasteiger partial charge in [-0.1, -0.05) is 72.3 Å². The van der Waals surface area contributed by atoms with Gasteiger partial charge in [0.2, 0.25) is 5.91 Å². The van der Waals surface area contributed by atoms with Crippen molar-refractivity contribution in [2.24, 2.45) is 0 Å². The Kier molecular flexibility index (Phi) is 9.42. The van der Waals surface area contributed by atoms with E-state index in [9.17, 15) is 9.59 Å². The standard InChI is InChI=1S/C34H38ClN3O3/c1-24(39)38-22-29-21-31(27-15-13-26(14-16-27)10-7-19-41-30-12-6-11-28(35)20-30)33(32(23-38)36-29)34(40)37(2)18-17-25-8-4-3-5-9-25/h3-6,8-9,11-16,20,29,32,36H,7,10,17-19,21-23H2,1-2H3/t29-,32-/m1/s1. The lowest BCUT2D eigenvalue weighted by Gasteiger charge is -2.44. The third-order valence-corrected chi connectivity index (χ3v) is 8.22. The van der Waals surface area contributed by atoms with Gasteiger partial charge in [-0.05, 0) is 66.1 Å². The van der Waals surface area contributed by atoms with E-state index in [1.54, 1.807) is 6.92 Å². The number of amides is 2. The van der Waals surface area contributed by atoms with Crippen LogP contribution in [0.3, 0.4) is 0 Å². The highest BCUT2D eigenvalue weighted by atomic mass is 35.5. The van der Waals surface area contributed by atoms with Gasteiger partial charge in [0.15, 0.2) is 0 Å². The molecule has 0 spiro atoms. The van der Waals surface area contributed by atoms with E-state index in [1.807, 2.05) is 59.3 Å². The van der Waals surface area contributed by atoms with Crippen LogP contribution in [0.5, 0.6) is 5.75 Å². The maximum atomic E-state index is 14.0. The van der Waals surface area contributed by atoms with Crippen LogP contribution in [0.15, 0.2) is 84.4 Å². The summed E-state index contributed by atoms with van der Waals surface area (Å²) in [4.78, 5) is 29.9. The second-order valence-corrected chi connectivity index (χ2v) is 11.4. The van der Waals surface area contributed by atoms with Crippen LogP contribution >= 0.6 is 11.6 Å². The van der Waals surface area contributed by atoms with E-state index in [0.29, 0.717) is 37.7 Å². The van der Waals surface area contributed by atoms with E-state index in [4.69, 9.17) is 16.3 Å². The first-order chi connectivity index (χ1) is 19.9. The molecular formula is C34H38ClN3O3. The monoisotopic (exact) mass is 571 g/mol. The van der Waals surface area contributed by atoms with Gasteiger partial charge < -0.3 is 19.9 Å². The molecule has 2 aliphatic rings. The summed E-state index contributed by atoms with van der Waals surface area (Å²) in [7, 11) is 1.88. The third kappa shape index (κ3) is 7.38. The molecule has 5 rings (SSSR count). The molecule has 0 aliphatic carbocycles. The van der Waals surface area contributed by atoms with Crippen molar-refractivity contribution < 1.29 is 14.3 Å². The molecule has 6 nitrogen and oxygen atoms in total. The van der Waals surface area contributed by atoms with Gasteiger partial charge >= 0.3 is 0 Å². The van der Waals surface area contributed by atoms with Gasteiger partial charge in [0.1, 0.15) is 5.75 Å². The largest absolute Gasteiger partial charge is 0.494 e. The van der Waals surface area contributed by atoms with E-state index in [2.05, 4.69) is 41.7 Å². The number of fused-ring (bicyclic) bond motifs is 2. The molecule has 214 valence electrons. The zero-order valence-electron chi connectivity index (χ0n) is 23.8. The molecule has 3 aromatic rings. The molecule has 2 bridgehead atoms. The maximum absolute atomic E-state index is 14.0. The highest BCUT2D eigenvalue weighted by molar-refractivity contribution is 6.30. The molecule has 0 saturated carbocycles. The Hall–Kier alpha value is -3.61. The number of rotatable bonds is 10. The summed E-state index contributed by atoms with van der Waals surface area (Å²) in [5.74, 6) is 0.864. The molecule has 0 radical (unpaired) electrons. The quantitative estimate of drug-likeness (QED) is 0.331. The molecule has 2 atom stereocenters. The SMILES string of the molecule is CC(=O)N1C[C@H]2CC(c3ccc(CCCOc4cccc(Cl)c4)cc3)=C(C(=O)N(C)CCc3ccccc3)[C@@H](C1)N2. The lowest BCUT2D eigenvalue weighted by molar-refractivity contribution is -0.132. The van der Waals surface area contributed by atoms with Crippen LogP contribution in [0.2, 0.25) is 5.02 Å². The molecule has 2 amide bonds. The van der Waals surface area contributed by atoms with Gasteiger partial charge in [0.25, 0.3) is 5.91 Å². The fraction of sp³-hybridized carbons (Fsp3) is 0.353. The number of ether oxygens (including phenoxy) is 1. The summed E-state index contributed by atoms with van der Waals surface area (Å²) in [5, 5.41) is 4.31. The minimum atomic E-state index is -0.184. The first kappa shape index (κ1) is 28.9. The average Bonchev–Trinajstić information content (AvgIpc) is 2.98. The number of likely N-dealkylation sites (N-methyl/N-ethyl adjacent to an activating group) is 1. The minimum Gasteiger partial charge on any atom is -0.494 e. The molecule has 2 heterocycles. The van der Waals surface area contributed by atoms with Crippen molar-refractivity contribution in [2.75, 3.05) is 33.3 Å². The fourth-order valence-corrected chi connectivity index (χ4v) is 5.95. The van der Waals surface area contributed by atoms with Crippen LogP contribution in [0, 0.1) is 0 Å². The number of nitrogens with one attached hydrogen (secondary N) is 1. The number of aryl methyl sites for hydroxylation is 1. The van der Waals surface area contributed by atoms with Crippen LogP contribution in [-0.4, -0.2) is 67.0 Å². The van der Waals surface area contributed by atoms with Gasteiger partial charge in [0.05, 0.1) is 12.6 Å². The molecule has 0 unspecified atom stereocenters. The van der Waals surface area contributed by atoms with Crippen molar-refractivity contribution in [3.8, 4) is 5.75 Å². The highest BCUT2D eigenvalue weighted by Crippen LogP contribution is 2.34. The number of hydrogen-bond acceptors (Lipinski definition) is 4. The molecule has 1 N–H and O–H groups in total. The summed E-state index contributed by atoms with van der Waals surface area (Å²) < 4.78 is 5.84. The number of carbonyl (C=O) groups is 2. The summed E-state index contributed by atoms with van der Waals surface area (Å²) in [5.41, 5.74) is 5.39. The summed E-state index contributed by atoms with van der Waals surface area (Å²) in [6.45, 7) is 4.02. The molecule has 2 aliphatic heterocycles. The summed E-state index contributed by atoms with van der Waals surface area (Å²) in [6, 6.07) is 26.2. The van der Waals surface area contributed by atoms with Gasteiger partial charge in [0, 0.05) is 50.2 Å². The van der Waals surface area contributed by atoms with E-state index in [0.717, 1.165) is 41.7 Å². The van der Waals surface area contributed by atoms with Crippen molar-refractivity contribution in [3.05, 3.63) is 106 Å². The van der Waals surface area contributed by atoms with Crippen molar-refractivity contribution in [2.45, 2.75) is 44.7 Å². The first-order valence-electron chi connectivity index (χ1n) is 14.4. The number of benzene rings is 3. The van der Waals surface area contributed by atoms with Crippen LogP contribution < -0.4 is 10.1 Å². The van der Waals surface area contributed by atoms with Crippen LogP contribution in [0.4, 0.5) is 0 Å². The lowest BCUT2D eigenvalue weighted by Crippen LogP contribution is -2.61. The van der Waals surface area contributed by atoms with E-state index < -0.39 is 0 Å². The maximum Gasteiger partial charge on any atom is 0.251 e. The summed E-state index contributed by atoms with van der Waals surface area (Å²) in [6.07, 6.45) is 3.29. The Morgan fingerprint density at radius 1 is 0.976 bits per heavy atom. The fourth-order valence-electron chi connectivity index (χ4n) is 5.77. The predicted octanol–water partition coefficient (Wildman–Crippen LogP) is 5.40. The molecule has 1 saturated heterocycles. The van der Waals surface area contributed by atoms with Crippen molar-refractivity contribution in [3.63, 3.8) is 0 Å². The number of halogens is 1. The normalized spacial score (nSPS) is 18.3. The Bertz CT molecular complexity index is 1390. The van der Waals surface area contributed by atoms with Crippen molar-refractivity contribution in [1.82, 2.24) is 15.1 Å². The minimum absolute atomic E-state index is 0.0273. The van der Waals surface area contributed by atoms with Gasteiger partial charge in [-0.2, -0.15) is 0 Å². The predicted molar refractivity (Wildman–Crippen MR) is 164 cm³/mol. The molecule has 7 heteroatoms. The molecule has 1 fully saturated rings. The number of carbonyl (C=O) groups excluding carboxylic acids is 2. The van der Waals surface area contributed by atoms with Crippen molar-refractivity contribution in [1.29, 1.82) is 0 Å². The second-order valence-electron chi connectivity index (χ2n) is 11.0. The Morgan fingerprint density at radius 3 is 2.46 bits per heavy atom. The van der Waals surface area contributed by atoms with Gasteiger partial charge in [-0.3, -0.25) is 9.59 Å². The molecule has 0 aromatic heterocycles. The Morgan fingerprint density at radius 2 is 1.73 bits per heavy atom. The van der Waals surface area contributed by atoms with Crippen LogP contribution in [0.25, 0.3) is 5.57 Å². The second kappa shape index (κ2) is 13.4. The van der Waals surface area contributed by atoms with Crippen molar-refractivity contribution >= 4 is 29.0 Å². The topological polar surface area (TPSA) is 61.9 Å². The first-order valence-corrected chi connectivity index (χ1v) is 14.8. The van der Waals surface area contributed by atoms with Gasteiger partial charge in [-0.15, -0.1) is 0 Å². The smallest absolute Gasteiger partial charge is 0.251 e. The zero-order chi connectivity index (χ0) is 28.8. The molecule has 41 heavy (non-hydrogen) atoms. The Balaban J connectivity index is 1.30. The number of hydrogen-bond donors (Lipinski definition) is 1. The number of nitrogens with zero attached hydrogens (tertiary/aromatic N) is 2. The van der Waals surface area contributed by atoms with Crippen LogP contribution in [0.1, 0.15) is 36.5 Å². The highest BCUT2D eigenvalue weighted by Gasteiger charge is 2.39. The summed E-state index contributed by atoms with van der Waals surface area (Å²) >= 11 is 6.04. The van der Waals surface area contributed by atoms with Crippen LogP contribution in [-0.2, 0) is 22.4 Å². The van der Waals surface area contributed by atoms with Gasteiger partial charge in [-0.25, -0.2) is 0 Å². The third-order valence-electron chi connectivity index (χ3n) is 7.98. The zero-order valence-corrected chi connectivity index (χ0v) is 24.6. The molecule has 3 aromatic carbocycles. The Labute approximate surface area is 247 Å². The van der Waals surface area contributed by atoms with E-state index >= 15 is 0 Å².